The van der Waals surface area contributed by atoms with Crippen LogP contribution in [0.25, 0.3) is 22.5 Å². The number of nitrogens with zero attached hydrogens (tertiary/aromatic N) is 7. The number of aryl methyl sites for hydroxylation is 1. The number of rotatable bonds is 14. The summed E-state index contributed by atoms with van der Waals surface area (Å²) in [6, 6.07) is 21.4. The van der Waals surface area contributed by atoms with Crippen LogP contribution < -0.4 is 4.74 Å². The highest BCUT2D eigenvalue weighted by atomic mass is 35.5. The van der Waals surface area contributed by atoms with Gasteiger partial charge in [-0.25, -0.2) is 19.4 Å². The van der Waals surface area contributed by atoms with E-state index in [9.17, 15) is 14.7 Å². The lowest BCUT2D eigenvalue weighted by molar-refractivity contribution is -0.497. The molecule has 16 heteroatoms. The molecular formula is C32H32ClN7O8. The van der Waals surface area contributed by atoms with Crippen LogP contribution in [0, 0.1) is 0 Å². The number of halogens is 1. The van der Waals surface area contributed by atoms with E-state index in [0.29, 0.717) is 35.7 Å². The number of carboxylic acid groups (broad SMARTS) is 1. The number of unbranched alkanes of at least 4 members (excludes halogenated alkanes) is 1. The summed E-state index contributed by atoms with van der Waals surface area (Å²) < 4.78 is 12.2. The van der Waals surface area contributed by atoms with Gasteiger partial charge in [-0.15, -0.1) is 15.0 Å². The van der Waals surface area contributed by atoms with Crippen LogP contribution in [-0.4, -0.2) is 62.8 Å². The van der Waals surface area contributed by atoms with E-state index in [1.807, 2.05) is 48.5 Å². The van der Waals surface area contributed by atoms with Crippen LogP contribution in [0.15, 0.2) is 72.8 Å². The fourth-order valence-corrected chi connectivity index (χ4v) is 5.17. The van der Waals surface area contributed by atoms with Gasteiger partial charge in [-0.05, 0) is 52.9 Å². The first kappa shape index (κ1) is 34.2. The van der Waals surface area contributed by atoms with Crippen molar-refractivity contribution in [2.24, 2.45) is 0 Å². The van der Waals surface area contributed by atoms with Gasteiger partial charge in [0.1, 0.15) is 11.6 Å². The third-order valence-corrected chi connectivity index (χ3v) is 7.46. The van der Waals surface area contributed by atoms with E-state index in [2.05, 4.69) is 32.2 Å². The molecule has 0 fully saturated rings. The number of ether oxygens (including phenoxy) is 2. The van der Waals surface area contributed by atoms with Crippen molar-refractivity contribution in [2.45, 2.75) is 52.5 Å². The minimum atomic E-state index is -1.13. The SMILES string of the molecule is CCCCc1nc(Cl)c(C(=O)O)n1Cc1ccc(-c2ccccc2-c2nnn(C(C)OC(=O)Oc3cccc(CON(O)O)c3)n2)cc1. The highest BCUT2D eigenvalue weighted by Gasteiger charge is 2.22. The fraction of sp³-hybridized carbons (Fsp3) is 0.250. The van der Waals surface area contributed by atoms with E-state index in [1.165, 1.54) is 12.1 Å². The van der Waals surface area contributed by atoms with Gasteiger partial charge in [-0.2, -0.15) is 0 Å². The van der Waals surface area contributed by atoms with E-state index < -0.39 is 23.7 Å². The molecule has 15 nitrogen and oxygen atoms in total. The number of carbonyl (C=O) groups is 2. The molecule has 0 saturated heterocycles. The van der Waals surface area contributed by atoms with Crippen LogP contribution in [0.1, 0.15) is 60.4 Å². The molecule has 48 heavy (non-hydrogen) atoms. The van der Waals surface area contributed by atoms with Crippen molar-refractivity contribution in [1.82, 2.24) is 35.1 Å². The third-order valence-electron chi connectivity index (χ3n) is 7.20. The van der Waals surface area contributed by atoms with E-state index >= 15 is 0 Å². The minimum Gasteiger partial charge on any atom is -0.476 e. The van der Waals surface area contributed by atoms with Gasteiger partial charge < -0.3 is 19.1 Å². The van der Waals surface area contributed by atoms with Crippen LogP contribution in [-0.2, 0) is 29.1 Å². The summed E-state index contributed by atoms with van der Waals surface area (Å²) in [7, 11) is 0. The van der Waals surface area contributed by atoms with Crippen LogP contribution in [0.3, 0.4) is 0 Å². The summed E-state index contributed by atoms with van der Waals surface area (Å²) in [5.41, 5.74) is 3.72. The average Bonchev–Trinajstić information content (AvgIpc) is 3.68. The predicted molar refractivity (Wildman–Crippen MR) is 169 cm³/mol. The molecule has 1 unspecified atom stereocenters. The van der Waals surface area contributed by atoms with Gasteiger partial charge in [0.2, 0.25) is 12.1 Å². The summed E-state index contributed by atoms with van der Waals surface area (Å²) in [6.45, 7) is 3.72. The van der Waals surface area contributed by atoms with Crippen molar-refractivity contribution < 1.29 is 39.4 Å². The van der Waals surface area contributed by atoms with E-state index in [0.717, 1.165) is 34.3 Å². The number of aromatic nitrogens is 6. The zero-order valence-corrected chi connectivity index (χ0v) is 26.7. The molecule has 2 aromatic heterocycles. The fourth-order valence-electron chi connectivity index (χ4n) is 4.89. The molecule has 0 aliphatic carbocycles. The Hall–Kier alpha value is -5.19. The maximum Gasteiger partial charge on any atom is 0.515 e. The van der Waals surface area contributed by atoms with Gasteiger partial charge in [0.15, 0.2) is 10.8 Å². The number of tetrazole rings is 1. The van der Waals surface area contributed by atoms with Crippen molar-refractivity contribution in [3.63, 3.8) is 0 Å². The lowest BCUT2D eigenvalue weighted by atomic mass is 9.98. The second-order valence-corrected chi connectivity index (χ2v) is 10.9. The summed E-state index contributed by atoms with van der Waals surface area (Å²) in [6.07, 6.45) is 0.432. The number of carbonyl (C=O) groups excluding carboxylic acids is 1. The van der Waals surface area contributed by atoms with Crippen molar-refractivity contribution in [3.8, 4) is 28.3 Å². The highest BCUT2D eigenvalue weighted by molar-refractivity contribution is 6.32. The molecule has 0 saturated carbocycles. The maximum absolute atomic E-state index is 12.5. The molecule has 3 N–H and O–H groups in total. The Morgan fingerprint density at radius 2 is 1.75 bits per heavy atom. The van der Waals surface area contributed by atoms with Crippen molar-refractivity contribution in [2.75, 3.05) is 0 Å². The van der Waals surface area contributed by atoms with E-state index in [-0.39, 0.29) is 23.2 Å². The van der Waals surface area contributed by atoms with Gasteiger partial charge in [-0.3, -0.25) is 10.4 Å². The Morgan fingerprint density at radius 1 is 1.00 bits per heavy atom. The molecule has 0 bridgehead atoms. The van der Waals surface area contributed by atoms with Crippen LogP contribution in [0.4, 0.5) is 4.79 Å². The molecule has 0 radical (unpaired) electrons. The summed E-state index contributed by atoms with van der Waals surface area (Å²) in [4.78, 5) is 34.4. The van der Waals surface area contributed by atoms with Crippen molar-refractivity contribution >= 4 is 23.7 Å². The molecule has 0 aliphatic heterocycles. The van der Waals surface area contributed by atoms with Gasteiger partial charge in [-0.1, -0.05) is 85.6 Å². The average molecular weight is 678 g/mol. The Balaban J connectivity index is 1.28. The standard InChI is InChI=1S/C32H32ClN7O8/c1-3-4-12-27-34-29(33)28(31(41)42)38(27)18-21-13-15-23(16-14-21)25-10-5-6-11-26(25)30-35-37-39(36-30)20(2)47-32(43)48-24-9-7-8-22(17-24)19-46-40(44)45/h5-11,13-17,20,44-45H,3-4,12,18-19H2,1-2H3,(H,41,42). The normalized spacial score (nSPS) is 11.9. The molecular weight excluding hydrogens is 646 g/mol. The topological polar surface area (TPSA) is 187 Å². The quantitative estimate of drug-likeness (QED) is 0.0686. The molecule has 0 aliphatic rings. The van der Waals surface area contributed by atoms with Crippen LogP contribution in [0.5, 0.6) is 5.75 Å². The number of aromatic carboxylic acids is 1. The molecule has 3 aromatic carbocycles. The molecule has 0 amide bonds. The maximum atomic E-state index is 12.5. The summed E-state index contributed by atoms with van der Waals surface area (Å²) in [5.74, 6) is -0.0500. The zero-order valence-electron chi connectivity index (χ0n) is 25.9. The highest BCUT2D eigenvalue weighted by Crippen LogP contribution is 2.31. The van der Waals surface area contributed by atoms with Gasteiger partial charge in [0.05, 0.1) is 12.0 Å². The number of carboxylic acids is 1. The predicted octanol–water partition coefficient (Wildman–Crippen LogP) is 6.19. The van der Waals surface area contributed by atoms with Crippen molar-refractivity contribution in [3.05, 3.63) is 101 Å². The molecule has 2 heterocycles. The molecule has 250 valence electrons. The first-order valence-corrected chi connectivity index (χ1v) is 15.2. The second-order valence-electron chi connectivity index (χ2n) is 10.6. The van der Waals surface area contributed by atoms with Crippen LogP contribution >= 0.6 is 11.6 Å². The monoisotopic (exact) mass is 677 g/mol. The summed E-state index contributed by atoms with van der Waals surface area (Å²) in [5, 5.41) is 39.4. The number of hydrogen-bond acceptors (Lipinski definition) is 12. The Kier molecular flexibility index (Phi) is 11.1. The number of hydrogen-bond donors (Lipinski definition) is 3. The first-order valence-electron chi connectivity index (χ1n) is 14.9. The third kappa shape index (κ3) is 8.39. The Labute approximate surface area is 279 Å². The Morgan fingerprint density at radius 3 is 2.46 bits per heavy atom. The Bertz CT molecular complexity index is 1880. The first-order chi connectivity index (χ1) is 23.1. The lowest BCUT2D eigenvalue weighted by Gasteiger charge is -2.12. The zero-order chi connectivity index (χ0) is 34.2. The number of benzene rings is 3. The van der Waals surface area contributed by atoms with Crippen molar-refractivity contribution in [1.29, 1.82) is 0 Å². The molecule has 1 atom stereocenters. The smallest absolute Gasteiger partial charge is 0.476 e. The van der Waals surface area contributed by atoms with Gasteiger partial charge in [0, 0.05) is 18.5 Å². The van der Waals surface area contributed by atoms with Crippen LogP contribution in [0.2, 0.25) is 5.15 Å². The molecule has 5 rings (SSSR count). The largest absolute Gasteiger partial charge is 0.515 e. The van der Waals surface area contributed by atoms with Gasteiger partial charge >= 0.3 is 12.1 Å². The van der Waals surface area contributed by atoms with E-state index in [1.54, 1.807) is 23.6 Å². The van der Waals surface area contributed by atoms with Gasteiger partial charge in [0.25, 0.3) is 0 Å². The molecule has 5 aromatic rings. The second kappa shape index (κ2) is 15.6. The minimum absolute atomic E-state index is 0.0206. The van der Waals surface area contributed by atoms with E-state index in [4.69, 9.17) is 31.5 Å². The molecule has 0 spiro atoms. The number of imidazole rings is 1. The lowest BCUT2D eigenvalue weighted by Crippen LogP contribution is -2.19. The summed E-state index contributed by atoms with van der Waals surface area (Å²) >= 11 is 6.19.